The predicted octanol–water partition coefficient (Wildman–Crippen LogP) is 0.767. The molecule has 1 amide bonds. The van der Waals surface area contributed by atoms with E-state index in [9.17, 15) is 4.79 Å². The molecule has 0 aliphatic carbocycles. The molecule has 0 atom stereocenters. The first-order chi connectivity index (χ1) is 10.2. The molecule has 3 rings (SSSR count). The Hall–Kier alpha value is -3.16. The molecule has 106 valence electrons. The largest absolute Gasteiger partial charge is 0.397 e. The highest BCUT2D eigenvalue weighted by Crippen LogP contribution is 2.15. The van der Waals surface area contributed by atoms with Crippen LogP contribution in [-0.2, 0) is 6.54 Å². The van der Waals surface area contributed by atoms with Gasteiger partial charge in [-0.15, -0.1) is 0 Å². The van der Waals surface area contributed by atoms with Gasteiger partial charge < -0.3 is 15.6 Å². The van der Waals surface area contributed by atoms with Crippen molar-refractivity contribution in [1.82, 2.24) is 25.2 Å². The first kappa shape index (κ1) is 12.9. The topological polar surface area (TPSA) is 112 Å². The number of carbonyl (C=O) groups is 1. The van der Waals surface area contributed by atoms with Crippen molar-refractivity contribution in [2.75, 3.05) is 5.73 Å². The van der Waals surface area contributed by atoms with Crippen molar-refractivity contribution >= 4 is 11.6 Å². The number of nitrogens with two attached hydrogens (primary N) is 1. The number of amides is 1. The van der Waals surface area contributed by atoms with E-state index in [2.05, 4.69) is 25.1 Å². The van der Waals surface area contributed by atoms with Crippen LogP contribution in [0.3, 0.4) is 0 Å². The molecule has 0 radical (unpaired) electrons. The maximum Gasteiger partial charge on any atom is 0.272 e. The lowest BCUT2D eigenvalue weighted by atomic mass is 10.3. The normalized spacial score (nSPS) is 10.5. The van der Waals surface area contributed by atoms with Crippen molar-refractivity contribution in [3.63, 3.8) is 0 Å². The first-order valence-corrected chi connectivity index (χ1v) is 6.18. The number of aromatic nitrogens is 4. The van der Waals surface area contributed by atoms with Crippen LogP contribution in [0.2, 0.25) is 0 Å². The van der Waals surface area contributed by atoms with E-state index >= 15 is 0 Å². The molecule has 0 saturated heterocycles. The van der Waals surface area contributed by atoms with E-state index in [1.54, 1.807) is 23.0 Å². The lowest BCUT2D eigenvalue weighted by Crippen LogP contribution is -2.24. The highest BCUT2D eigenvalue weighted by atomic mass is 16.5. The SMILES string of the molecule is Nc1ccccc1-n1ccc(C(=O)NCc2ncon2)n1. The number of nitrogen functional groups attached to an aromatic ring is 1. The molecule has 3 aromatic rings. The molecule has 0 aliphatic heterocycles. The Morgan fingerprint density at radius 1 is 1.33 bits per heavy atom. The van der Waals surface area contributed by atoms with Gasteiger partial charge >= 0.3 is 0 Å². The second-order valence-corrected chi connectivity index (χ2v) is 4.23. The average molecular weight is 284 g/mol. The molecule has 1 aromatic carbocycles. The molecular weight excluding hydrogens is 272 g/mol. The molecule has 8 heteroatoms. The lowest BCUT2D eigenvalue weighted by molar-refractivity contribution is 0.0944. The zero-order valence-electron chi connectivity index (χ0n) is 10.9. The minimum atomic E-state index is -0.326. The Kier molecular flexibility index (Phi) is 3.34. The van der Waals surface area contributed by atoms with Gasteiger partial charge in [-0.3, -0.25) is 4.79 Å². The number of benzene rings is 1. The quantitative estimate of drug-likeness (QED) is 0.684. The smallest absolute Gasteiger partial charge is 0.272 e. The third kappa shape index (κ3) is 2.73. The van der Waals surface area contributed by atoms with Crippen molar-refractivity contribution in [1.29, 1.82) is 0 Å². The second kappa shape index (κ2) is 5.45. The fourth-order valence-electron chi connectivity index (χ4n) is 1.80. The minimum absolute atomic E-state index is 0.176. The van der Waals surface area contributed by atoms with Gasteiger partial charge in [0, 0.05) is 6.20 Å². The number of nitrogens with zero attached hydrogens (tertiary/aromatic N) is 4. The van der Waals surface area contributed by atoms with Crippen molar-refractivity contribution in [3.05, 3.63) is 54.4 Å². The molecular formula is C13H12N6O2. The van der Waals surface area contributed by atoms with Crippen LogP contribution in [0.25, 0.3) is 5.69 Å². The Labute approximate surface area is 119 Å². The van der Waals surface area contributed by atoms with Crippen LogP contribution in [0.1, 0.15) is 16.3 Å². The van der Waals surface area contributed by atoms with E-state index in [0.717, 1.165) is 5.69 Å². The van der Waals surface area contributed by atoms with Gasteiger partial charge in [-0.2, -0.15) is 10.1 Å². The van der Waals surface area contributed by atoms with Crippen LogP contribution in [0.15, 0.2) is 47.4 Å². The van der Waals surface area contributed by atoms with Crippen LogP contribution < -0.4 is 11.1 Å². The Balaban J connectivity index is 1.73. The maximum absolute atomic E-state index is 12.0. The number of hydrogen-bond acceptors (Lipinski definition) is 6. The Morgan fingerprint density at radius 3 is 2.95 bits per heavy atom. The molecule has 8 nitrogen and oxygen atoms in total. The van der Waals surface area contributed by atoms with E-state index in [4.69, 9.17) is 5.73 Å². The number of anilines is 1. The summed E-state index contributed by atoms with van der Waals surface area (Å²) in [5.41, 5.74) is 7.45. The van der Waals surface area contributed by atoms with Crippen molar-refractivity contribution < 1.29 is 9.32 Å². The number of para-hydroxylation sites is 2. The third-order valence-corrected chi connectivity index (χ3v) is 2.82. The van der Waals surface area contributed by atoms with Gasteiger partial charge in [0.05, 0.1) is 17.9 Å². The third-order valence-electron chi connectivity index (χ3n) is 2.82. The van der Waals surface area contributed by atoms with Gasteiger partial charge in [-0.25, -0.2) is 4.68 Å². The summed E-state index contributed by atoms with van der Waals surface area (Å²) in [7, 11) is 0. The van der Waals surface area contributed by atoms with Gasteiger partial charge in [-0.05, 0) is 18.2 Å². The summed E-state index contributed by atoms with van der Waals surface area (Å²) < 4.78 is 6.14. The fraction of sp³-hybridized carbons (Fsp3) is 0.0769. The molecule has 2 heterocycles. The van der Waals surface area contributed by atoms with Crippen LogP contribution in [-0.4, -0.2) is 25.8 Å². The van der Waals surface area contributed by atoms with Crippen molar-refractivity contribution in [2.24, 2.45) is 0 Å². The molecule has 2 aromatic heterocycles. The van der Waals surface area contributed by atoms with E-state index in [1.165, 1.54) is 6.39 Å². The number of hydrogen-bond donors (Lipinski definition) is 2. The molecule has 0 unspecified atom stereocenters. The summed E-state index contributed by atoms with van der Waals surface area (Å²) in [5.74, 6) is 0.0724. The Morgan fingerprint density at radius 2 is 2.19 bits per heavy atom. The van der Waals surface area contributed by atoms with Crippen LogP contribution in [0, 0.1) is 0 Å². The highest BCUT2D eigenvalue weighted by molar-refractivity contribution is 5.92. The van der Waals surface area contributed by atoms with Crippen LogP contribution >= 0.6 is 0 Å². The summed E-state index contributed by atoms with van der Waals surface area (Å²) in [6, 6.07) is 8.89. The van der Waals surface area contributed by atoms with Gasteiger partial charge in [0.25, 0.3) is 5.91 Å². The summed E-state index contributed by atoms with van der Waals surface area (Å²) >= 11 is 0. The Bertz CT molecular complexity index is 750. The van der Waals surface area contributed by atoms with E-state index in [0.29, 0.717) is 11.5 Å². The van der Waals surface area contributed by atoms with Gasteiger partial charge in [0.2, 0.25) is 6.39 Å². The van der Waals surface area contributed by atoms with Gasteiger partial charge in [0.15, 0.2) is 11.5 Å². The summed E-state index contributed by atoms with van der Waals surface area (Å²) in [6.07, 6.45) is 2.88. The van der Waals surface area contributed by atoms with Crippen LogP contribution in [0.4, 0.5) is 5.69 Å². The fourth-order valence-corrected chi connectivity index (χ4v) is 1.80. The first-order valence-electron chi connectivity index (χ1n) is 6.18. The monoisotopic (exact) mass is 284 g/mol. The van der Waals surface area contributed by atoms with Gasteiger partial charge in [-0.1, -0.05) is 17.3 Å². The molecule has 0 aliphatic rings. The predicted molar refractivity (Wildman–Crippen MR) is 73.4 cm³/mol. The average Bonchev–Trinajstić information content (AvgIpc) is 3.17. The number of carbonyl (C=O) groups excluding carboxylic acids is 1. The summed E-state index contributed by atoms with van der Waals surface area (Å²) in [4.78, 5) is 15.8. The van der Waals surface area contributed by atoms with Crippen LogP contribution in [0.5, 0.6) is 0 Å². The standard InChI is InChI=1S/C13H12N6O2/c14-9-3-1-2-4-11(9)19-6-5-10(17-19)13(20)15-7-12-16-8-21-18-12/h1-6,8H,7,14H2,(H,15,20). The summed E-state index contributed by atoms with van der Waals surface area (Å²) in [6.45, 7) is 0.176. The zero-order valence-corrected chi connectivity index (χ0v) is 10.9. The highest BCUT2D eigenvalue weighted by Gasteiger charge is 2.11. The van der Waals surface area contributed by atoms with Gasteiger partial charge in [0.1, 0.15) is 0 Å². The van der Waals surface area contributed by atoms with E-state index < -0.39 is 0 Å². The van der Waals surface area contributed by atoms with Crippen molar-refractivity contribution in [2.45, 2.75) is 6.54 Å². The minimum Gasteiger partial charge on any atom is -0.397 e. The zero-order chi connectivity index (χ0) is 14.7. The molecule has 0 saturated carbocycles. The molecule has 0 fully saturated rings. The second-order valence-electron chi connectivity index (χ2n) is 4.23. The molecule has 0 spiro atoms. The maximum atomic E-state index is 12.0. The lowest BCUT2D eigenvalue weighted by Gasteiger charge is -2.04. The number of nitrogens with one attached hydrogen (secondary N) is 1. The molecule has 3 N–H and O–H groups in total. The number of rotatable bonds is 4. The molecule has 0 bridgehead atoms. The molecule has 21 heavy (non-hydrogen) atoms. The van der Waals surface area contributed by atoms with E-state index in [1.807, 2.05) is 18.2 Å². The summed E-state index contributed by atoms with van der Waals surface area (Å²) in [5, 5.41) is 10.5. The van der Waals surface area contributed by atoms with E-state index in [-0.39, 0.29) is 18.1 Å². The van der Waals surface area contributed by atoms with Crippen molar-refractivity contribution in [3.8, 4) is 5.69 Å².